The van der Waals surface area contributed by atoms with Gasteiger partial charge in [0, 0.05) is 37.4 Å². The van der Waals surface area contributed by atoms with Gasteiger partial charge in [-0.25, -0.2) is 9.18 Å². The number of amides is 3. The highest BCUT2D eigenvalue weighted by molar-refractivity contribution is 5.96. The number of para-hydroxylation sites is 1. The largest absolute Gasteiger partial charge is 0.366 e. The Balaban J connectivity index is 1.66. The number of carbonyl (C=O) groups is 2. The molecule has 0 atom stereocenters. The van der Waals surface area contributed by atoms with Crippen LogP contribution in [0, 0.1) is 5.82 Å². The van der Waals surface area contributed by atoms with Crippen LogP contribution in [-0.2, 0) is 0 Å². The number of hydrogen-bond acceptors (Lipinski definition) is 3. The Morgan fingerprint density at radius 3 is 2.40 bits per heavy atom. The van der Waals surface area contributed by atoms with E-state index >= 15 is 0 Å². The molecule has 0 aromatic heterocycles. The van der Waals surface area contributed by atoms with Crippen LogP contribution in [-0.4, -0.2) is 43.0 Å². The molecule has 1 fully saturated rings. The van der Waals surface area contributed by atoms with E-state index in [0.717, 1.165) is 0 Å². The van der Waals surface area contributed by atoms with Crippen LogP contribution in [0.1, 0.15) is 10.4 Å². The van der Waals surface area contributed by atoms with Gasteiger partial charge in [0.25, 0.3) is 5.91 Å². The standard InChI is InChI=1S/C18H19FN4O2/c19-15-6-1-2-7-16(15)22-8-10-23(11-9-22)17(24)13-4-3-5-14(12-13)21-18(20)25/h1-7,12H,8-11H2,(H3,20,21,25). The second kappa shape index (κ2) is 7.21. The van der Waals surface area contributed by atoms with Gasteiger partial charge in [-0.1, -0.05) is 18.2 Å². The minimum atomic E-state index is -0.678. The van der Waals surface area contributed by atoms with E-state index in [1.54, 1.807) is 47.4 Å². The summed E-state index contributed by atoms with van der Waals surface area (Å²) in [6, 6.07) is 12.6. The Hall–Kier alpha value is -3.09. The van der Waals surface area contributed by atoms with Crippen LogP contribution in [0.15, 0.2) is 48.5 Å². The van der Waals surface area contributed by atoms with E-state index in [0.29, 0.717) is 43.1 Å². The molecule has 25 heavy (non-hydrogen) atoms. The number of piperazine rings is 1. The maximum atomic E-state index is 13.9. The summed E-state index contributed by atoms with van der Waals surface area (Å²) in [7, 11) is 0. The lowest BCUT2D eigenvalue weighted by molar-refractivity contribution is 0.0746. The van der Waals surface area contributed by atoms with E-state index in [9.17, 15) is 14.0 Å². The molecule has 1 aliphatic heterocycles. The Morgan fingerprint density at radius 1 is 1.00 bits per heavy atom. The molecule has 0 saturated carbocycles. The molecule has 0 radical (unpaired) electrons. The van der Waals surface area contributed by atoms with E-state index in [4.69, 9.17) is 5.73 Å². The van der Waals surface area contributed by atoms with E-state index in [1.807, 2.05) is 4.90 Å². The fourth-order valence-electron chi connectivity index (χ4n) is 2.91. The Kier molecular flexibility index (Phi) is 4.83. The fraction of sp³-hybridized carbons (Fsp3) is 0.222. The number of halogens is 1. The van der Waals surface area contributed by atoms with Crippen LogP contribution < -0.4 is 16.0 Å². The van der Waals surface area contributed by atoms with Crippen LogP contribution in [0.3, 0.4) is 0 Å². The maximum Gasteiger partial charge on any atom is 0.316 e. The van der Waals surface area contributed by atoms with Crippen molar-refractivity contribution in [1.29, 1.82) is 0 Å². The number of nitrogens with zero attached hydrogens (tertiary/aromatic N) is 2. The Labute approximate surface area is 145 Å². The number of rotatable bonds is 3. The van der Waals surface area contributed by atoms with Crippen LogP contribution >= 0.6 is 0 Å². The third-order valence-electron chi connectivity index (χ3n) is 4.14. The lowest BCUT2D eigenvalue weighted by atomic mass is 10.1. The number of benzene rings is 2. The topological polar surface area (TPSA) is 78.7 Å². The van der Waals surface area contributed by atoms with E-state index < -0.39 is 6.03 Å². The predicted octanol–water partition coefficient (Wildman–Crippen LogP) is 2.28. The Bertz CT molecular complexity index is 788. The zero-order valence-corrected chi connectivity index (χ0v) is 13.6. The smallest absolute Gasteiger partial charge is 0.316 e. The number of carbonyl (C=O) groups excluding carboxylic acids is 2. The third-order valence-corrected chi connectivity index (χ3v) is 4.14. The summed E-state index contributed by atoms with van der Waals surface area (Å²) in [5, 5.41) is 2.46. The fourth-order valence-corrected chi connectivity index (χ4v) is 2.91. The van der Waals surface area contributed by atoms with Crippen molar-refractivity contribution in [2.45, 2.75) is 0 Å². The highest BCUT2D eigenvalue weighted by Crippen LogP contribution is 2.21. The van der Waals surface area contributed by atoms with Crippen molar-refractivity contribution in [3.05, 3.63) is 59.9 Å². The molecule has 0 spiro atoms. The van der Waals surface area contributed by atoms with E-state index in [-0.39, 0.29) is 11.7 Å². The molecular weight excluding hydrogens is 323 g/mol. The summed E-state index contributed by atoms with van der Waals surface area (Å²) >= 11 is 0. The van der Waals surface area contributed by atoms with Gasteiger partial charge in [-0.05, 0) is 30.3 Å². The molecule has 0 aliphatic carbocycles. The number of anilines is 2. The normalized spacial score (nSPS) is 14.3. The summed E-state index contributed by atoms with van der Waals surface area (Å²) < 4.78 is 13.9. The highest BCUT2D eigenvalue weighted by atomic mass is 19.1. The number of nitrogens with one attached hydrogen (secondary N) is 1. The van der Waals surface area contributed by atoms with Gasteiger partial charge in [0.05, 0.1) is 5.69 Å². The lowest BCUT2D eigenvalue weighted by Crippen LogP contribution is -2.49. The van der Waals surface area contributed by atoms with Gasteiger partial charge < -0.3 is 20.9 Å². The van der Waals surface area contributed by atoms with Gasteiger partial charge in [0.15, 0.2) is 0 Å². The van der Waals surface area contributed by atoms with Crippen molar-refractivity contribution in [2.75, 3.05) is 36.4 Å². The summed E-state index contributed by atoms with van der Waals surface area (Å²) in [5.74, 6) is -0.381. The van der Waals surface area contributed by atoms with Gasteiger partial charge >= 0.3 is 6.03 Å². The van der Waals surface area contributed by atoms with Gasteiger partial charge in [-0.2, -0.15) is 0 Å². The maximum absolute atomic E-state index is 13.9. The second-order valence-electron chi connectivity index (χ2n) is 5.80. The monoisotopic (exact) mass is 342 g/mol. The molecule has 3 rings (SSSR count). The molecule has 7 heteroatoms. The quantitative estimate of drug-likeness (QED) is 0.898. The van der Waals surface area contributed by atoms with Gasteiger partial charge in [0.2, 0.25) is 0 Å². The summed E-state index contributed by atoms with van der Waals surface area (Å²) in [6.07, 6.45) is 0. The molecule has 2 aromatic rings. The van der Waals surface area contributed by atoms with Crippen LogP contribution in [0.25, 0.3) is 0 Å². The first-order valence-electron chi connectivity index (χ1n) is 8.00. The zero-order chi connectivity index (χ0) is 17.8. The first kappa shape index (κ1) is 16.8. The SMILES string of the molecule is NC(=O)Nc1cccc(C(=O)N2CCN(c3ccccc3F)CC2)c1. The van der Waals surface area contributed by atoms with Gasteiger partial charge in [-0.15, -0.1) is 0 Å². The van der Waals surface area contributed by atoms with Crippen molar-refractivity contribution < 1.29 is 14.0 Å². The third kappa shape index (κ3) is 3.88. The lowest BCUT2D eigenvalue weighted by Gasteiger charge is -2.36. The molecular formula is C18H19FN4O2. The second-order valence-corrected chi connectivity index (χ2v) is 5.80. The molecule has 2 aromatic carbocycles. The number of primary amides is 1. The predicted molar refractivity (Wildman–Crippen MR) is 94.2 cm³/mol. The molecule has 6 nitrogen and oxygen atoms in total. The van der Waals surface area contributed by atoms with Crippen molar-refractivity contribution in [3.8, 4) is 0 Å². The molecule has 1 aliphatic rings. The Morgan fingerprint density at radius 2 is 1.72 bits per heavy atom. The number of urea groups is 1. The van der Waals surface area contributed by atoms with Gasteiger partial charge in [0.1, 0.15) is 5.82 Å². The molecule has 0 unspecified atom stereocenters. The molecule has 3 amide bonds. The van der Waals surface area contributed by atoms with Crippen LogP contribution in [0.5, 0.6) is 0 Å². The summed E-state index contributed by atoms with van der Waals surface area (Å²) in [5.41, 5.74) is 6.61. The summed E-state index contributed by atoms with van der Waals surface area (Å²) in [6.45, 7) is 2.12. The molecule has 3 N–H and O–H groups in total. The first-order valence-corrected chi connectivity index (χ1v) is 8.00. The number of hydrogen-bond donors (Lipinski definition) is 2. The minimum absolute atomic E-state index is 0.124. The average Bonchev–Trinajstić information content (AvgIpc) is 2.61. The van der Waals surface area contributed by atoms with E-state index in [2.05, 4.69) is 5.32 Å². The minimum Gasteiger partial charge on any atom is -0.366 e. The van der Waals surface area contributed by atoms with E-state index in [1.165, 1.54) is 6.07 Å². The van der Waals surface area contributed by atoms with Crippen molar-refractivity contribution in [2.24, 2.45) is 5.73 Å². The highest BCUT2D eigenvalue weighted by Gasteiger charge is 2.23. The van der Waals surface area contributed by atoms with Crippen molar-refractivity contribution in [3.63, 3.8) is 0 Å². The van der Waals surface area contributed by atoms with Gasteiger partial charge in [-0.3, -0.25) is 4.79 Å². The summed E-state index contributed by atoms with van der Waals surface area (Å²) in [4.78, 5) is 27.2. The zero-order valence-electron chi connectivity index (χ0n) is 13.6. The van der Waals surface area contributed by atoms with Crippen molar-refractivity contribution >= 4 is 23.3 Å². The number of nitrogens with two attached hydrogens (primary N) is 1. The first-order chi connectivity index (χ1) is 12.0. The van der Waals surface area contributed by atoms with Crippen LogP contribution in [0.4, 0.5) is 20.6 Å². The van der Waals surface area contributed by atoms with Crippen LogP contribution in [0.2, 0.25) is 0 Å². The molecule has 0 bridgehead atoms. The molecule has 130 valence electrons. The average molecular weight is 342 g/mol. The molecule has 1 heterocycles. The van der Waals surface area contributed by atoms with Crippen molar-refractivity contribution in [1.82, 2.24) is 4.90 Å². The molecule has 1 saturated heterocycles.